The van der Waals surface area contributed by atoms with E-state index in [9.17, 15) is 13.6 Å². The third kappa shape index (κ3) is 5.26. The summed E-state index contributed by atoms with van der Waals surface area (Å²) in [6, 6.07) is 11.1. The zero-order valence-corrected chi connectivity index (χ0v) is 17.4. The van der Waals surface area contributed by atoms with E-state index in [1.165, 1.54) is 12.3 Å². The smallest absolute Gasteiger partial charge is 0.226 e. The Morgan fingerprint density at radius 1 is 1.09 bits per heavy atom. The second kappa shape index (κ2) is 9.55. The van der Waals surface area contributed by atoms with Crippen LogP contribution in [-0.4, -0.2) is 22.4 Å². The topological polar surface area (TPSA) is 81.2 Å². The van der Waals surface area contributed by atoms with E-state index < -0.39 is 11.6 Å². The van der Waals surface area contributed by atoms with Gasteiger partial charge < -0.3 is 14.2 Å². The summed E-state index contributed by atoms with van der Waals surface area (Å²) in [5, 5.41) is 2.82. The SMILES string of the molecule is Cc1ccc(-c2nc(CCNC(=O)CCc3ncc(-c4ccc(F)cc4F)o3)co2)cc1. The summed E-state index contributed by atoms with van der Waals surface area (Å²) < 4.78 is 37.9. The Bertz CT molecular complexity index is 1220. The van der Waals surface area contributed by atoms with Crippen molar-refractivity contribution in [3.63, 3.8) is 0 Å². The molecule has 6 nitrogen and oxygen atoms in total. The maximum atomic E-state index is 13.8. The van der Waals surface area contributed by atoms with Crippen molar-refractivity contribution >= 4 is 5.91 Å². The van der Waals surface area contributed by atoms with E-state index in [1.807, 2.05) is 31.2 Å². The highest BCUT2D eigenvalue weighted by molar-refractivity contribution is 5.76. The first-order chi connectivity index (χ1) is 15.5. The number of hydrogen-bond donors (Lipinski definition) is 1. The molecule has 0 saturated heterocycles. The molecule has 0 saturated carbocycles. The largest absolute Gasteiger partial charge is 0.444 e. The molecule has 0 fully saturated rings. The molecule has 4 aromatic rings. The van der Waals surface area contributed by atoms with E-state index in [-0.39, 0.29) is 30.1 Å². The molecule has 1 amide bonds. The Morgan fingerprint density at radius 3 is 2.69 bits per heavy atom. The minimum atomic E-state index is -0.733. The molecular formula is C24H21F2N3O3. The van der Waals surface area contributed by atoms with Gasteiger partial charge in [0.05, 0.1) is 17.5 Å². The number of halogens is 2. The van der Waals surface area contributed by atoms with Gasteiger partial charge in [-0.05, 0) is 31.2 Å². The van der Waals surface area contributed by atoms with Gasteiger partial charge in [-0.15, -0.1) is 0 Å². The monoisotopic (exact) mass is 437 g/mol. The highest BCUT2D eigenvalue weighted by atomic mass is 19.1. The van der Waals surface area contributed by atoms with Gasteiger partial charge in [-0.2, -0.15) is 0 Å². The molecule has 2 heterocycles. The molecule has 0 aliphatic carbocycles. The maximum Gasteiger partial charge on any atom is 0.226 e. The molecule has 0 spiro atoms. The van der Waals surface area contributed by atoms with Crippen molar-refractivity contribution in [2.24, 2.45) is 0 Å². The molecule has 0 radical (unpaired) electrons. The van der Waals surface area contributed by atoms with Crippen molar-refractivity contribution in [3.05, 3.63) is 83.7 Å². The fourth-order valence-electron chi connectivity index (χ4n) is 3.13. The number of nitrogens with zero attached hydrogens (tertiary/aromatic N) is 2. The van der Waals surface area contributed by atoms with E-state index in [0.717, 1.165) is 29.0 Å². The molecule has 0 atom stereocenters. The molecule has 0 aliphatic heterocycles. The number of rotatable bonds is 8. The number of amides is 1. The van der Waals surface area contributed by atoms with Crippen LogP contribution in [0.3, 0.4) is 0 Å². The van der Waals surface area contributed by atoms with Gasteiger partial charge in [0.1, 0.15) is 17.9 Å². The van der Waals surface area contributed by atoms with Crippen molar-refractivity contribution in [1.82, 2.24) is 15.3 Å². The van der Waals surface area contributed by atoms with Crippen LogP contribution >= 0.6 is 0 Å². The summed E-state index contributed by atoms with van der Waals surface area (Å²) in [5.41, 5.74) is 2.93. The van der Waals surface area contributed by atoms with Crippen LogP contribution in [0.4, 0.5) is 8.78 Å². The molecule has 164 valence electrons. The van der Waals surface area contributed by atoms with Crippen LogP contribution in [0.15, 0.2) is 63.8 Å². The number of hydrogen-bond acceptors (Lipinski definition) is 5. The molecule has 2 aromatic heterocycles. The van der Waals surface area contributed by atoms with Gasteiger partial charge >= 0.3 is 0 Å². The lowest BCUT2D eigenvalue weighted by Gasteiger charge is -2.02. The minimum absolute atomic E-state index is 0.118. The van der Waals surface area contributed by atoms with Gasteiger partial charge in [0.25, 0.3) is 0 Å². The predicted octanol–water partition coefficient (Wildman–Crippen LogP) is 4.87. The van der Waals surface area contributed by atoms with E-state index in [1.54, 1.807) is 6.26 Å². The fourth-order valence-corrected chi connectivity index (χ4v) is 3.13. The third-order valence-corrected chi connectivity index (χ3v) is 4.87. The van der Waals surface area contributed by atoms with E-state index in [4.69, 9.17) is 8.83 Å². The molecule has 4 rings (SSSR count). The van der Waals surface area contributed by atoms with Crippen LogP contribution in [0.1, 0.15) is 23.6 Å². The zero-order valence-electron chi connectivity index (χ0n) is 17.4. The molecule has 32 heavy (non-hydrogen) atoms. The van der Waals surface area contributed by atoms with Gasteiger partial charge in [-0.3, -0.25) is 4.79 Å². The quantitative estimate of drug-likeness (QED) is 0.425. The summed E-state index contributed by atoms with van der Waals surface area (Å²) in [7, 11) is 0. The summed E-state index contributed by atoms with van der Waals surface area (Å²) in [6.45, 7) is 2.43. The second-order valence-electron chi connectivity index (χ2n) is 7.35. The summed E-state index contributed by atoms with van der Waals surface area (Å²) in [5.74, 6) is -0.529. The Balaban J connectivity index is 1.23. The van der Waals surface area contributed by atoms with Crippen molar-refractivity contribution in [1.29, 1.82) is 0 Å². The third-order valence-electron chi connectivity index (χ3n) is 4.87. The van der Waals surface area contributed by atoms with Crippen LogP contribution in [0.25, 0.3) is 22.8 Å². The lowest BCUT2D eigenvalue weighted by molar-refractivity contribution is -0.121. The fraction of sp³-hybridized carbons (Fsp3) is 0.208. The van der Waals surface area contributed by atoms with Crippen molar-refractivity contribution in [2.75, 3.05) is 6.54 Å². The molecule has 8 heteroatoms. The van der Waals surface area contributed by atoms with E-state index >= 15 is 0 Å². The lowest BCUT2D eigenvalue weighted by atomic mass is 10.1. The highest BCUT2D eigenvalue weighted by Crippen LogP contribution is 2.24. The molecule has 1 N–H and O–H groups in total. The van der Waals surface area contributed by atoms with E-state index in [2.05, 4.69) is 15.3 Å². The van der Waals surface area contributed by atoms with Gasteiger partial charge in [-0.25, -0.2) is 18.7 Å². The lowest BCUT2D eigenvalue weighted by Crippen LogP contribution is -2.26. The van der Waals surface area contributed by atoms with Crippen molar-refractivity contribution in [3.8, 4) is 22.8 Å². The summed E-state index contributed by atoms with van der Waals surface area (Å²) in [6.07, 6.45) is 3.91. The Kier molecular flexibility index (Phi) is 6.39. The average Bonchev–Trinajstić information content (AvgIpc) is 3.43. The number of nitrogens with one attached hydrogen (secondary N) is 1. The van der Waals surface area contributed by atoms with Gasteiger partial charge in [-0.1, -0.05) is 17.7 Å². The van der Waals surface area contributed by atoms with Gasteiger partial charge in [0, 0.05) is 37.4 Å². The maximum absolute atomic E-state index is 13.8. The van der Waals surface area contributed by atoms with Crippen LogP contribution in [0.5, 0.6) is 0 Å². The molecule has 2 aromatic carbocycles. The first-order valence-electron chi connectivity index (χ1n) is 10.2. The number of oxazole rings is 2. The van der Waals surface area contributed by atoms with Gasteiger partial charge in [0.15, 0.2) is 11.7 Å². The molecular weight excluding hydrogens is 416 g/mol. The summed E-state index contributed by atoms with van der Waals surface area (Å²) in [4.78, 5) is 20.6. The first kappa shape index (κ1) is 21.4. The molecule has 0 unspecified atom stereocenters. The minimum Gasteiger partial charge on any atom is -0.444 e. The number of carbonyl (C=O) groups excluding carboxylic acids is 1. The van der Waals surface area contributed by atoms with Gasteiger partial charge in [0.2, 0.25) is 11.8 Å². The molecule has 0 bridgehead atoms. The standard InChI is InChI=1S/C24H21F2N3O3/c1-15-2-4-16(5-3-15)24-29-18(14-31-24)10-11-27-22(30)8-9-23-28-13-21(32-23)19-7-6-17(25)12-20(19)26/h2-7,12-14H,8-11H2,1H3,(H,27,30). The van der Waals surface area contributed by atoms with Crippen LogP contribution in [0, 0.1) is 18.6 Å². The average molecular weight is 437 g/mol. The number of benzene rings is 2. The number of aromatic nitrogens is 2. The van der Waals surface area contributed by atoms with Crippen LogP contribution < -0.4 is 5.32 Å². The highest BCUT2D eigenvalue weighted by Gasteiger charge is 2.13. The number of carbonyl (C=O) groups is 1. The van der Waals surface area contributed by atoms with E-state index in [0.29, 0.717) is 24.7 Å². The van der Waals surface area contributed by atoms with Crippen molar-refractivity contribution in [2.45, 2.75) is 26.2 Å². The second-order valence-corrected chi connectivity index (χ2v) is 7.35. The van der Waals surface area contributed by atoms with Crippen LogP contribution in [0.2, 0.25) is 0 Å². The number of aryl methyl sites for hydroxylation is 2. The molecule has 0 aliphatic rings. The Hall–Kier alpha value is -3.81. The van der Waals surface area contributed by atoms with Crippen LogP contribution in [-0.2, 0) is 17.6 Å². The summed E-state index contributed by atoms with van der Waals surface area (Å²) >= 11 is 0. The predicted molar refractivity (Wildman–Crippen MR) is 114 cm³/mol. The first-order valence-corrected chi connectivity index (χ1v) is 10.2. The Morgan fingerprint density at radius 2 is 1.91 bits per heavy atom. The van der Waals surface area contributed by atoms with Crippen molar-refractivity contribution < 1.29 is 22.4 Å². The normalized spacial score (nSPS) is 11.0. The zero-order chi connectivity index (χ0) is 22.5. The Labute approximate surface area is 183 Å².